The quantitative estimate of drug-likeness (QED) is 0.512. The summed E-state index contributed by atoms with van der Waals surface area (Å²) in [5.74, 6) is -0.587. The highest BCUT2D eigenvalue weighted by atomic mass is 16.5. The van der Waals surface area contributed by atoms with E-state index >= 15 is 0 Å². The summed E-state index contributed by atoms with van der Waals surface area (Å²) in [4.78, 5) is 11.2. The Balaban J connectivity index is 2.71. The minimum Gasteiger partial charge on any atom is -0.288 e. The van der Waals surface area contributed by atoms with Crippen LogP contribution in [0.2, 0.25) is 0 Å². The van der Waals surface area contributed by atoms with Gasteiger partial charge in [0.25, 0.3) is 5.91 Å². The van der Waals surface area contributed by atoms with Gasteiger partial charge in [-0.15, -0.1) is 0 Å². The summed E-state index contributed by atoms with van der Waals surface area (Å²) in [7, 11) is 0. The number of hydrogen-bond donors (Lipinski definition) is 2. The summed E-state index contributed by atoms with van der Waals surface area (Å²) in [5, 5.41) is 16.7. The third-order valence-electron chi connectivity index (χ3n) is 1.89. The molecule has 0 bridgehead atoms. The first-order valence-corrected chi connectivity index (χ1v) is 3.98. The Morgan fingerprint density at radius 3 is 2.93 bits per heavy atom. The first-order valence-electron chi connectivity index (χ1n) is 3.98. The van der Waals surface area contributed by atoms with Gasteiger partial charge in [0, 0.05) is 5.39 Å². The van der Waals surface area contributed by atoms with Gasteiger partial charge in [0.1, 0.15) is 0 Å². The average Bonchev–Trinajstić information content (AvgIpc) is 2.27. The maximum Gasteiger partial charge on any atom is 0.276 e. The highest BCUT2D eigenvalue weighted by Gasteiger charge is 2.09. The van der Waals surface area contributed by atoms with Crippen molar-refractivity contribution in [3.05, 3.63) is 36.0 Å². The van der Waals surface area contributed by atoms with Gasteiger partial charge in [-0.3, -0.25) is 10.0 Å². The molecule has 0 unspecified atom stereocenters. The van der Waals surface area contributed by atoms with Crippen LogP contribution < -0.4 is 5.48 Å². The fourth-order valence-corrected chi connectivity index (χ4v) is 1.25. The van der Waals surface area contributed by atoms with Crippen molar-refractivity contribution in [2.45, 2.75) is 0 Å². The molecule has 0 saturated heterocycles. The molecule has 0 aliphatic rings. The zero-order chi connectivity index (χ0) is 9.97. The van der Waals surface area contributed by atoms with Crippen LogP contribution in [0, 0.1) is 0 Å². The molecule has 1 heterocycles. The molecule has 2 aromatic rings. The number of fused-ring (bicyclic) bond motifs is 1. The van der Waals surface area contributed by atoms with Gasteiger partial charge < -0.3 is 0 Å². The Labute approximate surface area is 79.3 Å². The third-order valence-corrected chi connectivity index (χ3v) is 1.89. The van der Waals surface area contributed by atoms with Crippen molar-refractivity contribution in [3.8, 4) is 0 Å². The number of carbonyl (C=O) groups excluding carboxylic acids is 1. The average molecular weight is 189 g/mol. The van der Waals surface area contributed by atoms with E-state index in [1.165, 1.54) is 6.20 Å². The fourth-order valence-electron chi connectivity index (χ4n) is 1.25. The van der Waals surface area contributed by atoms with Gasteiger partial charge in [-0.2, -0.15) is 10.2 Å². The summed E-state index contributed by atoms with van der Waals surface area (Å²) in [6.07, 6.45) is 1.31. The van der Waals surface area contributed by atoms with E-state index in [-0.39, 0.29) is 0 Å². The molecule has 0 radical (unpaired) electrons. The SMILES string of the molecule is O=C(NO)c1cnnc2ccccc12. The second-order valence-corrected chi connectivity index (χ2v) is 2.72. The molecule has 5 nitrogen and oxygen atoms in total. The van der Waals surface area contributed by atoms with Crippen LogP contribution in [0.25, 0.3) is 10.9 Å². The van der Waals surface area contributed by atoms with Crippen LogP contribution in [0.15, 0.2) is 30.5 Å². The lowest BCUT2D eigenvalue weighted by molar-refractivity contribution is 0.0707. The van der Waals surface area contributed by atoms with Crippen molar-refractivity contribution >= 4 is 16.8 Å². The second-order valence-electron chi connectivity index (χ2n) is 2.72. The molecule has 0 aliphatic heterocycles. The minimum absolute atomic E-state index is 0.304. The summed E-state index contributed by atoms with van der Waals surface area (Å²) in [6.45, 7) is 0. The Morgan fingerprint density at radius 2 is 2.14 bits per heavy atom. The van der Waals surface area contributed by atoms with Crippen LogP contribution in [0.3, 0.4) is 0 Å². The Kier molecular flexibility index (Phi) is 2.08. The number of benzene rings is 1. The molecular formula is C9H7N3O2. The molecular weight excluding hydrogens is 182 g/mol. The predicted molar refractivity (Wildman–Crippen MR) is 48.8 cm³/mol. The van der Waals surface area contributed by atoms with Crippen molar-refractivity contribution in [1.29, 1.82) is 0 Å². The second kappa shape index (κ2) is 3.39. The zero-order valence-corrected chi connectivity index (χ0v) is 7.14. The Hall–Kier alpha value is -2.01. The van der Waals surface area contributed by atoms with E-state index in [4.69, 9.17) is 5.21 Å². The van der Waals surface area contributed by atoms with Crippen LogP contribution in [0.1, 0.15) is 10.4 Å². The largest absolute Gasteiger partial charge is 0.288 e. The molecule has 1 aromatic heterocycles. The van der Waals surface area contributed by atoms with Crippen LogP contribution in [-0.2, 0) is 0 Å². The minimum atomic E-state index is -0.587. The predicted octanol–water partition coefficient (Wildman–Crippen LogP) is 0.749. The molecule has 0 fully saturated rings. The number of hydroxylamine groups is 1. The van der Waals surface area contributed by atoms with Crippen LogP contribution in [0.4, 0.5) is 0 Å². The summed E-state index contributed by atoms with van der Waals surface area (Å²) < 4.78 is 0. The van der Waals surface area contributed by atoms with E-state index in [2.05, 4.69) is 10.2 Å². The third kappa shape index (κ3) is 1.29. The lowest BCUT2D eigenvalue weighted by Gasteiger charge is -2.01. The van der Waals surface area contributed by atoms with Crippen molar-refractivity contribution in [3.63, 3.8) is 0 Å². The van der Waals surface area contributed by atoms with Crippen molar-refractivity contribution in [2.75, 3.05) is 0 Å². The number of rotatable bonds is 1. The van der Waals surface area contributed by atoms with E-state index in [1.54, 1.807) is 29.7 Å². The van der Waals surface area contributed by atoms with Gasteiger partial charge in [0.15, 0.2) is 0 Å². The van der Waals surface area contributed by atoms with Gasteiger partial charge in [-0.1, -0.05) is 18.2 Å². The van der Waals surface area contributed by atoms with Crippen LogP contribution >= 0.6 is 0 Å². The van der Waals surface area contributed by atoms with Gasteiger partial charge in [0.05, 0.1) is 17.3 Å². The highest BCUT2D eigenvalue weighted by molar-refractivity contribution is 6.05. The maximum atomic E-state index is 11.2. The van der Waals surface area contributed by atoms with E-state index < -0.39 is 5.91 Å². The number of nitrogens with one attached hydrogen (secondary N) is 1. The maximum absolute atomic E-state index is 11.2. The molecule has 5 heteroatoms. The monoisotopic (exact) mass is 189 g/mol. The number of nitrogens with zero attached hydrogens (tertiary/aromatic N) is 2. The number of hydrogen-bond acceptors (Lipinski definition) is 4. The van der Waals surface area contributed by atoms with Gasteiger partial charge in [-0.25, -0.2) is 5.48 Å². The van der Waals surface area contributed by atoms with Gasteiger partial charge in [0.2, 0.25) is 0 Å². The van der Waals surface area contributed by atoms with Crippen LogP contribution in [-0.4, -0.2) is 21.3 Å². The van der Waals surface area contributed by atoms with Gasteiger partial charge >= 0.3 is 0 Å². The highest BCUT2D eigenvalue weighted by Crippen LogP contribution is 2.14. The molecule has 2 rings (SSSR count). The smallest absolute Gasteiger partial charge is 0.276 e. The molecule has 0 atom stereocenters. The van der Waals surface area contributed by atoms with Crippen molar-refractivity contribution in [1.82, 2.24) is 15.7 Å². The van der Waals surface area contributed by atoms with E-state index in [1.807, 2.05) is 0 Å². The molecule has 2 N–H and O–H groups in total. The first kappa shape index (κ1) is 8.58. The van der Waals surface area contributed by atoms with E-state index in [9.17, 15) is 4.79 Å². The summed E-state index contributed by atoms with van der Waals surface area (Å²) in [5.41, 5.74) is 2.49. The first-order chi connectivity index (χ1) is 6.83. The molecule has 1 amide bonds. The number of carbonyl (C=O) groups is 1. The van der Waals surface area contributed by atoms with Crippen molar-refractivity contribution in [2.24, 2.45) is 0 Å². The van der Waals surface area contributed by atoms with Crippen LogP contribution in [0.5, 0.6) is 0 Å². The molecule has 0 aliphatic carbocycles. The molecule has 1 aromatic carbocycles. The van der Waals surface area contributed by atoms with E-state index in [0.717, 1.165) is 0 Å². The zero-order valence-electron chi connectivity index (χ0n) is 7.14. The standard InChI is InChI=1S/C9H7N3O2/c13-9(12-14)7-5-10-11-8-4-2-1-3-6(7)8/h1-5,14H,(H,12,13). The van der Waals surface area contributed by atoms with Crippen molar-refractivity contribution < 1.29 is 10.0 Å². The fraction of sp³-hybridized carbons (Fsp3) is 0. The summed E-state index contributed by atoms with van der Waals surface area (Å²) in [6, 6.07) is 7.08. The van der Waals surface area contributed by atoms with E-state index in [0.29, 0.717) is 16.5 Å². The molecule has 70 valence electrons. The molecule has 0 saturated carbocycles. The molecule has 14 heavy (non-hydrogen) atoms. The topological polar surface area (TPSA) is 75.1 Å². The van der Waals surface area contributed by atoms with Gasteiger partial charge in [-0.05, 0) is 6.07 Å². The normalized spacial score (nSPS) is 10.1. The lowest BCUT2D eigenvalue weighted by atomic mass is 10.1. The Morgan fingerprint density at radius 1 is 1.36 bits per heavy atom. The Bertz CT molecular complexity index is 479. The molecule has 0 spiro atoms. The number of amides is 1. The number of aromatic nitrogens is 2. The lowest BCUT2D eigenvalue weighted by Crippen LogP contribution is -2.19. The summed E-state index contributed by atoms with van der Waals surface area (Å²) >= 11 is 0.